The molecule has 0 radical (unpaired) electrons. The van der Waals surface area contributed by atoms with Crippen molar-refractivity contribution >= 4 is 11.6 Å². The van der Waals surface area contributed by atoms with Gasteiger partial charge in [-0.05, 0) is 54.4 Å². The topological polar surface area (TPSA) is 33.5 Å². The van der Waals surface area contributed by atoms with Crippen LogP contribution in [0.25, 0.3) is 0 Å². The molecule has 3 aromatic rings. The van der Waals surface area contributed by atoms with Gasteiger partial charge in [-0.25, -0.2) is 0 Å². The van der Waals surface area contributed by atoms with Crippen LogP contribution < -0.4 is 10.2 Å². The minimum absolute atomic E-state index is 0.0880. The number of quaternary nitrogens is 1. The molecular formula is C29H35N2O+. The summed E-state index contributed by atoms with van der Waals surface area (Å²) in [5, 5.41) is 3.20. The summed E-state index contributed by atoms with van der Waals surface area (Å²) in [5.74, 6) is 1.27. The van der Waals surface area contributed by atoms with Crippen molar-refractivity contribution in [3.63, 3.8) is 0 Å². The third kappa shape index (κ3) is 5.66. The molecule has 0 bridgehead atoms. The highest BCUT2D eigenvalue weighted by Crippen LogP contribution is 2.21. The van der Waals surface area contributed by atoms with E-state index in [1.165, 1.54) is 16.0 Å². The lowest BCUT2D eigenvalue weighted by Gasteiger charge is -2.34. The third-order valence-electron chi connectivity index (χ3n) is 6.76. The van der Waals surface area contributed by atoms with E-state index < -0.39 is 0 Å². The van der Waals surface area contributed by atoms with E-state index in [0.717, 1.165) is 43.6 Å². The van der Waals surface area contributed by atoms with Crippen molar-refractivity contribution in [3.8, 4) is 0 Å². The maximum Gasteiger partial charge on any atom is 0.287 e. The summed E-state index contributed by atoms with van der Waals surface area (Å²) in [6.45, 7) is 6.42. The Labute approximate surface area is 192 Å². The van der Waals surface area contributed by atoms with E-state index in [4.69, 9.17) is 0 Å². The average molecular weight is 428 g/mol. The van der Waals surface area contributed by atoms with Crippen LogP contribution in [0, 0.1) is 5.92 Å². The maximum absolute atomic E-state index is 13.5. The molecule has 1 saturated heterocycles. The number of carbonyl (C=O) groups is 1. The molecule has 1 amide bonds. The fraction of sp³-hybridized carbons (Fsp3) is 0.345. The standard InChI is InChI=1S/C29H34N2O/c1-22(2)25-13-15-27(16-14-25)30-29(32)28(26-11-7-4-8-12-26)31-19-17-24(18-20-31)21-23-9-5-3-6-10-23/h3-16,22,24,28H,17-21H2,1-2H3,(H,30,32)/p+1. The van der Waals surface area contributed by atoms with Gasteiger partial charge >= 0.3 is 0 Å². The van der Waals surface area contributed by atoms with Gasteiger partial charge < -0.3 is 10.2 Å². The largest absolute Gasteiger partial charge is 0.321 e. The lowest BCUT2D eigenvalue weighted by molar-refractivity contribution is -0.927. The number of piperidine rings is 1. The van der Waals surface area contributed by atoms with Crippen LogP contribution in [0.15, 0.2) is 84.9 Å². The van der Waals surface area contributed by atoms with E-state index in [1.54, 1.807) is 0 Å². The molecule has 0 aliphatic carbocycles. The van der Waals surface area contributed by atoms with E-state index in [0.29, 0.717) is 11.8 Å². The highest BCUT2D eigenvalue weighted by Gasteiger charge is 2.34. The molecule has 2 N–H and O–H groups in total. The lowest BCUT2D eigenvalue weighted by atomic mass is 9.89. The molecule has 32 heavy (non-hydrogen) atoms. The number of anilines is 1. The number of amides is 1. The fourth-order valence-corrected chi connectivity index (χ4v) is 4.87. The Morgan fingerprint density at radius 3 is 2.03 bits per heavy atom. The Balaban J connectivity index is 1.45. The molecule has 1 aliphatic rings. The van der Waals surface area contributed by atoms with Gasteiger partial charge in [-0.3, -0.25) is 4.79 Å². The first-order chi connectivity index (χ1) is 15.6. The summed E-state index contributed by atoms with van der Waals surface area (Å²) in [5.41, 5.74) is 4.68. The zero-order valence-electron chi connectivity index (χ0n) is 19.3. The SMILES string of the molecule is CC(C)c1ccc(NC(=O)C(c2ccccc2)[NH+]2CCC(Cc3ccccc3)CC2)cc1. The first-order valence-electron chi connectivity index (χ1n) is 11.9. The van der Waals surface area contributed by atoms with Gasteiger partial charge in [0.15, 0.2) is 6.04 Å². The smallest absolute Gasteiger partial charge is 0.287 e. The average Bonchev–Trinajstić information content (AvgIpc) is 2.82. The highest BCUT2D eigenvalue weighted by molar-refractivity contribution is 5.94. The van der Waals surface area contributed by atoms with Gasteiger partial charge in [0.1, 0.15) is 0 Å². The van der Waals surface area contributed by atoms with Gasteiger partial charge in [-0.2, -0.15) is 0 Å². The van der Waals surface area contributed by atoms with Crippen molar-refractivity contribution in [3.05, 3.63) is 102 Å². The molecule has 3 nitrogen and oxygen atoms in total. The summed E-state index contributed by atoms with van der Waals surface area (Å²) >= 11 is 0. The number of hydrogen-bond acceptors (Lipinski definition) is 1. The van der Waals surface area contributed by atoms with Crippen molar-refractivity contribution in [2.75, 3.05) is 18.4 Å². The molecule has 1 unspecified atom stereocenters. The van der Waals surface area contributed by atoms with Crippen LogP contribution in [0.3, 0.4) is 0 Å². The Kier molecular flexibility index (Phi) is 7.39. The van der Waals surface area contributed by atoms with Crippen LogP contribution in [0.1, 0.15) is 55.3 Å². The van der Waals surface area contributed by atoms with Crippen molar-refractivity contribution in [1.29, 1.82) is 0 Å². The quantitative estimate of drug-likeness (QED) is 0.545. The van der Waals surface area contributed by atoms with Crippen molar-refractivity contribution < 1.29 is 9.69 Å². The summed E-state index contributed by atoms with van der Waals surface area (Å²) in [7, 11) is 0. The molecule has 0 spiro atoms. The predicted octanol–water partition coefficient (Wildman–Crippen LogP) is 5.03. The predicted molar refractivity (Wildman–Crippen MR) is 132 cm³/mol. The second kappa shape index (κ2) is 10.6. The molecule has 1 atom stereocenters. The molecule has 4 rings (SSSR count). The fourth-order valence-electron chi connectivity index (χ4n) is 4.87. The minimum Gasteiger partial charge on any atom is -0.321 e. The first-order valence-corrected chi connectivity index (χ1v) is 11.9. The molecule has 0 aromatic heterocycles. The van der Waals surface area contributed by atoms with Crippen LogP contribution in [0.4, 0.5) is 5.69 Å². The van der Waals surface area contributed by atoms with E-state index >= 15 is 0 Å². The Bertz CT molecular complexity index is 975. The Morgan fingerprint density at radius 2 is 1.44 bits per heavy atom. The summed E-state index contributed by atoms with van der Waals surface area (Å²) in [6, 6.07) is 29.1. The first kappa shape index (κ1) is 22.3. The number of likely N-dealkylation sites (tertiary alicyclic amines) is 1. The highest BCUT2D eigenvalue weighted by atomic mass is 16.2. The van der Waals surface area contributed by atoms with Gasteiger partial charge in [-0.15, -0.1) is 0 Å². The molecule has 1 fully saturated rings. The van der Waals surface area contributed by atoms with Crippen LogP contribution >= 0.6 is 0 Å². The van der Waals surface area contributed by atoms with Crippen molar-refractivity contribution in [2.24, 2.45) is 5.92 Å². The van der Waals surface area contributed by atoms with Crippen molar-refractivity contribution in [2.45, 2.75) is 45.1 Å². The normalized spacial score (nSPS) is 19.5. The van der Waals surface area contributed by atoms with Crippen molar-refractivity contribution in [1.82, 2.24) is 0 Å². The van der Waals surface area contributed by atoms with Gasteiger partial charge in [0.05, 0.1) is 13.1 Å². The summed E-state index contributed by atoms with van der Waals surface area (Å²) < 4.78 is 0. The second-order valence-electron chi connectivity index (χ2n) is 9.40. The maximum atomic E-state index is 13.5. The number of nitrogens with one attached hydrogen (secondary N) is 2. The molecular weight excluding hydrogens is 392 g/mol. The summed E-state index contributed by atoms with van der Waals surface area (Å²) in [6.07, 6.45) is 3.45. The van der Waals surface area contributed by atoms with Gasteiger partial charge in [-0.1, -0.05) is 86.6 Å². The summed E-state index contributed by atoms with van der Waals surface area (Å²) in [4.78, 5) is 14.8. The second-order valence-corrected chi connectivity index (χ2v) is 9.40. The van der Waals surface area contributed by atoms with Crippen LogP contribution in [-0.4, -0.2) is 19.0 Å². The number of rotatable bonds is 7. The monoisotopic (exact) mass is 427 g/mol. The van der Waals surface area contributed by atoms with E-state index in [2.05, 4.69) is 73.8 Å². The van der Waals surface area contributed by atoms with Gasteiger partial charge in [0.25, 0.3) is 5.91 Å². The number of hydrogen-bond donors (Lipinski definition) is 2. The molecule has 166 valence electrons. The van der Waals surface area contributed by atoms with Crippen LogP contribution in [0.2, 0.25) is 0 Å². The van der Waals surface area contributed by atoms with Gasteiger partial charge in [0.2, 0.25) is 0 Å². The lowest BCUT2D eigenvalue weighted by Crippen LogP contribution is -3.14. The Hall–Kier alpha value is -2.91. The zero-order valence-corrected chi connectivity index (χ0v) is 19.3. The molecule has 3 heteroatoms. The Morgan fingerprint density at radius 1 is 0.844 bits per heavy atom. The molecule has 1 aliphatic heterocycles. The minimum atomic E-state index is -0.182. The zero-order chi connectivity index (χ0) is 22.3. The van der Waals surface area contributed by atoms with Gasteiger partial charge in [0, 0.05) is 11.3 Å². The van der Waals surface area contributed by atoms with Crippen LogP contribution in [0.5, 0.6) is 0 Å². The molecule has 0 saturated carbocycles. The molecule has 3 aromatic carbocycles. The molecule has 1 heterocycles. The van der Waals surface area contributed by atoms with E-state index in [-0.39, 0.29) is 11.9 Å². The number of carbonyl (C=O) groups excluding carboxylic acids is 1. The van der Waals surface area contributed by atoms with E-state index in [1.807, 2.05) is 30.3 Å². The van der Waals surface area contributed by atoms with Crippen LogP contribution in [-0.2, 0) is 11.2 Å². The number of benzene rings is 3. The third-order valence-corrected chi connectivity index (χ3v) is 6.76. The van der Waals surface area contributed by atoms with E-state index in [9.17, 15) is 4.79 Å².